The molecule has 3 nitrogen and oxygen atoms in total. The van der Waals surface area contributed by atoms with Crippen LogP contribution in [-0.2, 0) is 0 Å². The van der Waals surface area contributed by atoms with Gasteiger partial charge in [0.2, 0.25) is 0 Å². The Labute approximate surface area is 141 Å². The Morgan fingerprint density at radius 3 is 2.24 bits per heavy atom. The van der Waals surface area contributed by atoms with Crippen molar-refractivity contribution >= 4 is 31.9 Å². The maximum absolute atomic E-state index is 6.46. The van der Waals surface area contributed by atoms with Crippen molar-refractivity contribution in [2.45, 2.75) is 13.0 Å². The fourth-order valence-corrected chi connectivity index (χ4v) is 3.12. The number of ether oxygens (including phenoxy) is 2. The van der Waals surface area contributed by atoms with Gasteiger partial charge in [0.1, 0.15) is 11.5 Å². The summed E-state index contributed by atoms with van der Waals surface area (Å²) in [5, 5.41) is 0. The first-order valence-electron chi connectivity index (χ1n) is 6.41. The van der Waals surface area contributed by atoms with Gasteiger partial charge < -0.3 is 15.2 Å². The van der Waals surface area contributed by atoms with E-state index >= 15 is 0 Å². The van der Waals surface area contributed by atoms with Gasteiger partial charge in [-0.15, -0.1) is 0 Å². The van der Waals surface area contributed by atoms with Crippen molar-refractivity contribution in [1.29, 1.82) is 0 Å². The fourth-order valence-electron chi connectivity index (χ4n) is 2.26. The van der Waals surface area contributed by atoms with Crippen LogP contribution in [0.15, 0.2) is 39.3 Å². The zero-order chi connectivity index (χ0) is 15.6. The normalized spacial score (nSPS) is 12.1. The Morgan fingerprint density at radius 1 is 0.952 bits per heavy atom. The molecule has 21 heavy (non-hydrogen) atoms. The summed E-state index contributed by atoms with van der Waals surface area (Å²) < 4.78 is 12.7. The molecular weight excluding hydrogens is 398 g/mol. The monoisotopic (exact) mass is 413 g/mol. The van der Waals surface area contributed by atoms with Crippen LogP contribution in [0.1, 0.15) is 22.7 Å². The summed E-state index contributed by atoms with van der Waals surface area (Å²) in [6, 6.07) is 9.51. The highest BCUT2D eigenvalue weighted by Gasteiger charge is 2.19. The van der Waals surface area contributed by atoms with Crippen molar-refractivity contribution in [3.8, 4) is 11.5 Å². The van der Waals surface area contributed by atoms with E-state index in [0.29, 0.717) is 0 Å². The van der Waals surface area contributed by atoms with Gasteiger partial charge in [0.05, 0.1) is 24.7 Å². The highest BCUT2D eigenvalue weighted by atomic mass is 79.9. The number of methoxy groups -OCH3 is 2. The van der Waals surface area contributed by atoms with E-state index in [9.17, 15) is 0 Å². The standard InChI is InChI=1S/C16H17Br2NO2/c1-9-10(5-4-6-12(9)17)16(19)11-7-15(21-3)13(18)8-14(11)20-2/h4-8,16H,19H2,1-3H3. The number of hydrogen-bond donors (Lipinski definition) is 1. The van der Waals surface area contributed by atoms with E-state index in [1.807, 2.05) is 37.3 Å². The van der Waals surface area contributed by atoms with Gasteiger partial charge >= 0.3 is 0 Å². The van der Waals surface area contributed by atoms with Crippen LogP contribution in [0.25, 0.3) is 0 Å². The smallest absolute Gasteiger partial charge is 0.133 e. The Hall–Kier alpha value is -1.04. The quantitative estimate of drug-likeness (QED) is 0.795. The molecule has 0 spiro atoms. The molecule has 2 aromatic rings. The summed E-state index contributed by atoms with van der Waals surface area (Å²) in [6.07, 6.45) is 0. The van der Waals surface area contributed by atoms with E-state index in [1.54, 1.807) is 14.2 Å². The van der Waals surface area contributed by atoms with Crippen LogP contribution in [0.5, 0.6) is 11.5 Å². The second-order valence-electron chi connectivity index (χ2n) is 4.66. The summed E-state index contributed by atoms with van der Waals surface area (Å²) in [5.41, 5.74) is 9.52. The van der Waals surface area contributed by atoms with E-state index in [4.69, 9.17) is 15.2 Å². The Kier molecular flexibility index (Phi) is 5.30. The minimum Gasteiger partial charge on any atom is -0.496 e. The molecule has 2 aromatic carbocycles. The third-order valence-electron chi connectivity index (χ3n) is 3.48. The van der Waals surface area contributed by atoms with Crippen molar-refractivity contribution in [3.05, 3.63) is 56.0 Å². The number of nitrogens with two attached hydrogens (primary N) is 1. The second-order valence-corrected chi connectivity index (χ2v) is 6.37. The highest BCUT2D eigenvalue weighted by Crippen LogP contribution is 2.38. The molecular formula is C16H17Br2NO2. The van der Waals surface area contributed by atoms with Crippen LogP contribution in [0.2, 0.25) is 0 Å². The highest BCUT2D eigenvalue weighted by molar-refractivity contribution is 9.10. The van der Waals surface area contributed by atoms with Gasteiger partial charge in [0.15, 0.2) is 0 Å². The number of halogens is 2. The van der Waals surface area contributed by atoms with E-state index in [-0.39, 0.29) is 6.04 Å². The van der Waals surface area contributed by atoms with E-state index in [1.165, 1.54) is 0 Å². The van der Waals surface area contributed by atoms with Gasteiger partial charge in [-0.25, -0.2) is 0 Å². The van der Waals surface area contributed by atoms with Gasteiger partial charge in [-0.1, -0.05) is 28.1 Å². The summed E-state index contributed by atoms with van der Waals surface area (Å²) in [6.45, 7) is 2.04. The lowest BCUT2D eigenvalue weighted by atomic mass is 9.95. The minimum absolute atomic E-state index is 0.292. The molecule has 0 aliphatic rings. The average molecular weight is 415 g/mol. The molecule has 0 fully saturated rings. The Morgan fingerprint density at radius 2 is 1.62 bits per heavy atom. The largest absolute Gasteiger partial charge is 0.496 e. The first kappa shape index (κ1) is 16.3. The molecule has 2 N–H and O–H groups in total. The molecule has 0 heterocycles. The average Bonchev–Trinajstić information content (AvgIpc) is 2.49. The Bertz CT molecular complexity index is 659. The molecule has 0 aliphatic heterocycles. The third kappa shape index (κ3) is 3.25. The van der Waals surface area contributed by atoms with Crippen molar-refractivity contribution in [1.82, 2.24) is 0 Å². The number of hydrogen-bond acceptors (Lipinski definition) is 3. The van der Waals surface area contributed by atoms with Crippen LogP contribution in [-0.4, -0.2) is 14.2 Å². The maximum atomic E-state index is 6.46. The van der Waals surface area contributed by atoms with Crippen molar-refractivity contribution < 1.29 is 9.47 Å². The van der Waals surface area contributed by atoms with E-state index in [0.717, 1.165) is 37.1 Å². The SMILES string of the molecule is COc1cc(C(N)c2cccc(Br)c2C)c(OC)cc1Br. The first-order chi connectivity index (χ1) is 9.99. The molecule has 1 unspecified atom stereocenters. The first-order valence-corrected chi connectivity index (χ1v) is 8.00. The van der Waals surface area contributed by atoms with Gasteiger partial charge in [-0.05, 0) is 52.2 Å². The van der Waals surface area contributed by atoms with Crippen LogP contribution in [0.4, 0.5) is 0 Å². The molecule has 112 valence electrons. The van der Waals surface area contributed by atoms with Crippen LogP contribution >= 0.6 is 31.9 Å². The molecule has 0 aromatic heterocycles. The van der Waals surface area contributed by atoms with Gasteiger partial charge in [-0.3, -0.25) is 0 Å². The van der Waals surface area contributed by atoms with E-state index < -0.39 is 0 Å². The predicted molar refractivity (Wildman–Crippen MR) is 92.2 cm³/mol. The van der Waals surface area contributed by atoms with Crippen molar-refractivity contribution in [2.75, 3.05) is 14.2 Å². The zero-order valence-corrected chi connectivity index (χ0v) is 15.3. The lowest BCUT2D eigenvalue weighted by Crippen LogP contribution is -2.15. The van der Waals surface area contributed by atoms with Crippen LogP contribution < -0.4 is 15.2 Å². The molecule has 2 rings (SSSR count). The van der Waals surface area contributed by atoms with Gasteiger partial charge in [0.25, 0.3) is 0 Å². The fraction of sp³-hybridized carbons (Fsp3) is 0.250. The molecule has 0 amide bonds. The topological polar surface area (TPSA) is 44.5 Å². The lowest BCUT2D eigenvalue weighted by molar-refractivity contribution is 0.395. The summed E-state index contributed by atoms with van der Waals surface area (Å²) in [4.78, 5) is 0. The summed E-state index contributed by atoms with van der Waals surface area (Å²) in [5.74, 6) is 1.46. The number of benzene rings is 2. The Balaban J connectivity index is 2.56. The maximum Gasteiger partial charge on any atom is 0.133 e. The van der Waals surface area contributed by atoms with Gasteiger partial charge in [-0.2, -0.15) is 0 Å². The molecule has 0 saturated heterocycles. The summed E-state index contributed by atoms with van der Waals surface area (Å²) in [7, 11) is 3.27. The molecule has 0 saturated carbocycles. The van der Waals surface area contributed by atoms with Crippen molar-refractivity contribution in [2.24, 2.45) is 5.73 Å². The molecule has 0 bridgehead atoms. The summed E-state index contributed by atoms with van der Waals surface area (Å²) >= 11 is 7.00. The molecule has 0 radical (unpaired) electrons. The second kappa shape index (κ2) is 6.81. The third-order valence-corrected chi connectivity index (χ3v) is 4.96. The van der Waals surface area contributed by atoms with Crippen LogP contribution in [0, 0.1) is 6.92 Å². The van der Waals surface area contributed by atoms with Gasteiger partial charge in [0, 0.05) is 10.0 Å². The minimum atomic E-state index is -0.292. The lowest BCUT2D eigenvalue weighted by Gasteiger charge is -2.20. The predicted octanol–water partition coefficient (Wildman–Crippen LogP) is 4.59. The molecule has 1 atom stereocenters. The molecule has 0 aliphatic carbocycles. The van der Waals surface area contributed by atoms with Crippen molar-refractivity contribution in [3.63, 3.8) is 0 Å². The number of rotatable bonds is 4. The van der Waals surface area contributed by atoms with E-state index in [2.05, 4.69) is 31.9 Å². The zero-order valence-electron chi connectivity index (χ0n) is 12.1. The molecule has 5 heteroatoms. The van der Waals surface area contributed by atoms with Crippen LogP contribution in [0.3, 0.4) is 0 Å².